The van der Waals surface area contributed by atoms with Crippen molar-refractivity contribution >= 4 is 5.69 Å². The van der Waals surface area contributed by atoms with E-state index in [1.165, 1.54) is 18.4 Å². The molecule has 0 aliphatic carbocycles. The van der Waals surface area contributed by atoms with Crippen LogP contribution in [0.25, 0.3) is 0 Å². The van der Waals surface area contributed by atoms with Crippen molar-refractivity contribution in [3.8, 4) is 0 Å². The fourth-order valence-electron chi connectivity index (χ4n) is 2.44. The molecule has 1 fully saturated rings. The summed E-state index contributed by atoms with van der Waals surface area (Å²) in [5.41, 5.74) is 8.02. The van der Waals surface area contributed by atoms with Crippen molar-refractivity contribution in [3.63, 3.8) is 0 Å². The molecule has 2 rings (SSSR count). The molecule has 0 unspecified atom stereocenters. The molecule has 88 valence electrons. The largest absolute Gasteiger partial charge is 0.399 e. The van der Waals surface area contributed by atoms with E-state index in [0.717, 1.165) is 25.3 Å². The van der Waals surface area contributed by atoms with E-state index in [1.807, 2.05) is 12.1 Å². The lowest BCUT2D eigenvalue weighted by Crippen LogP contribution is -2.34. The SMILES string of the molecule is Nc1cccc(C2CCN(CCO)CC2)c1. The summed E-state index contributed by atoms with van der Waals surface area (Å²) in [7, 11) is 0. The molecule has 3 nitrogen and oxygen atoms in total. The number of hydrogen-bond donors (Lipinski definition) is 2. The zero-order valence-corrected chi connectivity index (χ0v) is 9.60. The Morgan fingerprint density at radius 2 is 2.06 bits per heavy atom. The normalized spacial score (nSPS) is 18.8. The van der Waals surface area contributed by atoms with Crippen LogP contribution in [0.2, 0.25) is 0 Å². The monoisotopic (exact) mass is 220 g/mol. The molecule has 3 heteroatoms. The molecule has 16 heavy (non-hydrogen) atoms. The van der Waals surface area contributed by atoms with E-state index < -0.39 is 0 Å². The lowest BCUT2D eigenvalue weighted by atomic mass is 9.89. The zero-order chi connectivity index (χ0) is 11.4. The Kier molecular flexibility index (Phi) is 3.80. The third kappa shape index (κ3) is 2.74. The predicted octanol–water partition coefficient (Wildman–Crippen LogP) is 1.44. The van der Waals surface area contributed by atoms with Gasteiger partial charge in [0.2, 0.25) is 0 Å². The average molecular weight is 220 g/mol. The maximum absolute atomic E-state index is 8.88. The summed E-state index contributed by atoms with van der Waals surface area (Å²) < 4.78 is 0. The van der Waals surface area contributed by atoms with Gasteiger partial charge >= 0.3 is 0 Å². The summed E-state index contributed by atoms with van der Waals surface area (Å²) in [4.78, 5) is 2.32. The van der Waals surface area contributed by atoms with Gasteiger partial charge in [-0.15, -0.1) is 0 Å². The van der Waals surface area contributed by atoms with Crippen LogP contribution in [0.4, 0.5) is 5.69 Å². The van der Waals surface area contributed by atoms with Crippen LogP contribution in [0.1, 0.15) is 24.3 Å². The third-order valence-corrected chi connectivity index (χ3v) is 3.39. The number of hydrogen-bond acceptors (Lipinski definition) is 3. The lowest BCUT2D eigenvalue weighted by molar-refractivity contribution is 0.164. The number of anilines is 1. The lowest BCUT2D eigenvalue weighted by Gasteiger charge is -2.31. The highest BCUT2D eigenvalue weighted by Gasteiger charge is 2.19. The van der Waals surface area contributed by atoms with Gasteiger partial charge in [-0.2, -0.15) is 0 Å². The molecular weight excluding hydrogens is 200 g/mol. The van der Waals surface area contributed by atoms with Crippen molar-refractivity contribution in [2.24, 2.45) is 0 Å². The highest BCUT2D eigenvalue weighted by atomic mass is 16.3. The van der Waals surface area contributed by atoms with Crippen LogP contribution in [-0.4, -0.2) is 36.2 Å². The Bertz CT molecular complexity index is 332. The smallest absolute Gasteiger partial charge is 0.0558 e. The average Bonchev–Trinajstić information content (AvgIpc) is 2.30. The molecule has 1 aliphatic heterocycles. The second-order valence-corrected chi connectivity index (χ2v) is 4.51. The van der Waals surface area contributed by atoms with E-state index >= 15 is 0 Å². The molecule has 1 aromatic rings. The maximum atomic E-state index is 8.88. The zero-order valence-electron chi connectivity index (χ0n) is 9.60. The van der Waals surface area contributed by atoms with Gasteiger partial charge in [0.05, 0.1) is 6.61 Å². The minimum absolute atomic E-state index is 0.267. The Morgan fingerprint density at radius 3 is 2.69 bits per heavy atom. The van der Waals surface area contributed by atoms with Crippen LogP contribution >= 0.6 is 0 Å². The van der Waals surface area contributed by atoms with Gasteiger partial charge in [0.1, 0.15) is 0 Å². The topological polar surface area (TPSA) is 49.5 Å². The Balaban J connectivity index is 1.94. The van der Waals surface area contributed by atoms with Gasteiger partial charge in [-0.25, -0.2) is 0 Å². The molecule has 0 atom stereocenters. The fraction of sp³-hybridized carbons (Fsp3) is 0.538. The number of benzene rings is 1. The van der Waals surface area contributed by atoms with E-state index in [1.54, 1.807) is 0 Å². The second-order valence-electron chi connectivity index (χ2n) is 4.51. The van der Waals surface area contributed by atoms with Crippen LogP contribution < -0.4 is 5.73 Å². The van der Waals surface area contributed by atoms with Gasteiger partial charge in [-0.3, -0.25) is 0 Å². The van der Waals surface area contributed by atoms with Crippen molar-refractivity contribution in [3.05, 3.63) is 29.8 Å². The Hall–Kier alpha value is -1.06. The van der Waals surface area contributed by atoms with Crippen LogP contribution in [0.3, 0.4) is 0 Å². The van der Waals surface area contributed by atoms with Crippen LogP contribution in [-0.2, 0) is 0 Å². The first-order chi connectivity index (χ1) is 7.79. The summed E-state index contributed by atoms with van der Waals surface area (Å²) >= 11 is 0. The predicted molar refractivity (Wildman–Crippen MR) is 66.4 cm³/mol. The van der Waals surface area contributed by atoms with E-state index in [4.69, 9.17) is 10.8 Å². The Morgan fingerprint density at radius 1 is 1.31 bits per heavy atom. The van der Waals surface area contributed by atoms with Gasteiger partial charge in [0.25, 0.3) is 0 Å². The minimum atomic E-state index is 0.267. The molecule has 1 aliphatic rings. The van der Waals surface area contributed by atoms with Crippen LogP contribution in [0, 0.1) is 0 Å². The molecule has 0 aromatic heterocycles. The van der Waals surface area contributed by atoms with Gasteiger partial charge < -0.3 is 15.7 Å². The molecule has 3 N–H and O–H groups in total. The quantitative estimate of drug-likeness (QED) is 0.758. The summed E-state index contributed by atoms with van der Waals surface area (Å²) in [6, 6.07) is 8.23. The second kappa shape index (κ2) is 5.32. The number of nitrogens with zero attached hydrogens (tertiary/aromatic N) is 1. The first-order valence-corrected chi connectivity index (χ1v) is 5.98. The van der Waals surface area contributed by atoms with Crippen molar-refractivity contribution in [2.75, 3.05) is 32.0 Å². The number of likely N-dealkylation sites (tertiary alicyclic amines) is 1. The van der Waals surface area contributed by atoms with Crippen molar-refractivity contribution < 1.29 is 5.11 Å². The van der Waals surface area contributed by atoms with Gasteiger partial charge in [-0.05, 0) is 49.5 Å². The first-order valence-electron chi connectivity index (χ1n) is 5.98. The Labute approximate surface area is 96.9 Å². The van der Waals surface area contributed by atoms with Gasteiger partial charge in [-0.1, -0.05) is 12.1 Å². The van der Waals surface area contributed by atoms with Gasteiger partial charge in [0, 0.05) is 12.2 Å². The van der Waals surface area contributed by atoms with Crippen LogP contribution in [0.15, 0.2) is 24.3 Å². The molecule has 1 aromatic carbocycles. The van der Waals surface area contributed by atoms with Crippen molar-refractivity contribution in [2.45, 2.75) is 18.8 Å². The number of nitrogens with two attached hydrogens (primary N) is 1. The highest BCUT2D eigenvalue weighted by molar-refractivity contribution is 5.41. The number of aliphatic hydroxyl groups excluding tert-OH is 1. The van der Waals surface area contributed by atoms with Crippen LogP contribution in [0.5, 0.6) is 0 Å². The highest BCUT2D eigenvalue weighted by Crippen LogP contribution is 2.28. The molecule has 0 spiro atoms. The van der Waals surface area contributed by atoms with E-state index in [-0.39, 0.29) is 6.61 Å². The molecular formula is C13H20N2O. The summed E-state index contributed by atoms with van der Waals surface area (Å²) in [5, 5.41) is 8.88. The fourth-order valence-corrected chi connectivity index (χ4v) is 2.44. The van der Waals surface area contributed by atoms with Crippen molar-refractivity contribution in [1.82, 2.24) is 4.90 Å². The number of β-amino-alcohol motifs (C(OH)–C–C–N with tert-alkyl or cyclic N) is 1. The number of rotatable bonds is 3. The molecule has 0 amide bonds. The van der Waals surface area contributed by atoms with E-state index in [2.05, 4.69) is 17.0 Å². The van der Waals surface area contributed by atoms with Gasteiger partial charge in [0.15, 0.2) is 0 Å². The van der Waals surface area contributed by atoms with E-state index in [0.29, 0.717) is 5.92 Å². The number of nitrogen functional groups attached to an aromatic ring is 1. The number of piperidine rings is 1. The van der Waals surface area contributed by atoms with Crippen molar-refractivity contribution in [1.29, 1.82) is 0 Å². The molecule has 1 heterocycles. The first kappa shape index (κ1) is 11.4. The summed E-state index contributed by atoms with van der Waals surface area (Å²) in [6.45, 7) is 3.24. The summed E-state index contributed by atoms with van der Waals surface area (Å²) in [5.74, 6) is 0.637. The summed E-state index contributed by atoms with van der Waals surface area (Å²) in [6.07, 6.45) is 2.34. The van der Waals surface area contributed by atoms with E-state index in [9.17, 15) is 0 Å². The third-order valence-electron chi connectivity index (χ3n) is 3.39. The number of aliphatic hydroxyl groups is 1. The molecule has 0 radical (unpaired) electrons. The maximum Gasteiger partial charge on any atom is 0.0558 e. The minimum Gasteiger partial charge on any atom is -0.399 e. The molecule has 1 saturated heterocycles. The molecule has 0 saturated carbocycles. The molecule has 0 bridgehead atoms. The standard InChI is InChI=1S/C13H20N2O/c14-13-3-1-2-12(10-13)11-4-6-15(7-5-11)8-9-16/h1-3,10-11,16H,4-9,14H2.